The van der Waals surface area contributed by atoms with Crippen molar-refractivity contribution in [3.8, 4) is 5.75 Å². The molecule has 0 aromatic heterocycles. The SMILES string of the molecule is CCS(=O)(=O)N1CCC2(CC1)CC(CC(=O)NCC1CC1)c1ccccc1O2. The number of carbonyl (C=O) groups excluding carboxylic acids is 1. The van der Waals surface area contributed by atoms with Gasteiger partial charge in [-0.05, 0) is 43.7 Å². The molecule has 1 unspecified atom stereocenters. The van der Waals surface area contributed by atoms with Crippen LogP contribution in [0.4, 0.5) is 0 Å². The molecule has 3 aliphatic rings. The molecule has 1 saturated carbocycles. The Morgan fingerprint density at radius 3 is 2.64 bits per heavy atom. The number of hydrogen-bond acceptors (Lipinski definition) is 4. The van der Waals surface area contributed by atoms with Gasteiger partial charge in [0.05, 0.1) is 5.75 Å². The lowest BCUT2D eigenvalue weighted by Crippen LogP contribution is -2.52. The van der Waals surface area contributed by atoms with Gasteiger partial charge in [-0.3, -0.25) is 4.79 Å². The van der Waals surface area contributed by atoms with Crippen molar-refractivity contribution in [2.45, 2.75) is 57.0 Å². The van der Waals surface area contributed by atoms with Crippen LogP contribution in [0.5, 0.6) is 5.75 Å². The average molecular weight is 407 g/mol. The Morgan fingerprint density at radius 2 is 1.96 bits per heavy atom. The Kier molecular flexibility index (Phi) is 5.40. The molecular weight excluding hydrogens is 376 g/mol. The van der Waals surface area contributed by atoms with Crippen LogP contribution < -0.4 is 10.1 Å². The molecule has 1 aromatic carbocycles. The normalized spacial score (nSPS) is 24.4. The number of nitrogens with one attached hydrogen (secondary N) is 1. The van der Waals surface area contributed by atoms with Gasteiger partial charge in [-0.25, -0.2) is 12.7 Å². The molecule has 1 atom stereocenters. The zero-order chi connectivity index (χ0) is 19.8. The van der Waals surface area contributed by atoms with Crippen molar-refractivity contribution in [1.29, 1.82) is 0 Å². The molecule has 2 heterocycles. The molecule has 1 aliphatic carbocycles. The molecule has 6 nitrogen and oxygen atoms in total. The highest BCUT2D eigenvalue weighted by molar-refractivity contribution is 7.89. The summed E-state index contributed by atoms with van der Waals surface area (Å²) in [5.74, 6) is 1.86. The van der Waals surface area contributed by atoms with E-state index in [2.05, 4.69) is 11.4 Å². The summed E-state index contributed by atoms with van der Waals surface area (Å²) in [5.41, 5.74) is 0.716. The monoisotopic (exact) mass is 406 g/mol. The number of fused-ring (bicyclic) bond motifs is 1. The number of ether oxygens (including phenoxy) is 1. The van der Waals surface area contributed by atoms with Crippen molar-refractivity contribution < 1.29 is 17.9 Å². The van der Waals surface area contributed by atoms with Crippen molar-refractivity contribution in [1.82, 2.24) is 9.62 Å². The molecule has 1 aromatic rings. The topological polar surface area (TPSA) is 75.7 Å². The van der Waals surface area contributed by atoms with Gasteiger partial charge in [-0.2, -0.15) is 0 Å². The second-order valence-electron chi connectivity index (χ2n) is 8.48. The fraction of sp³-hybridized carbons (Fsp3) is 0.667. The van der Waals surface area contributed by atoms with E-state index in [0.717, 1.165) is 24.3 Å². The van der Waals surface area contributed by atoms with Crippen molar-refractivity contribution in [3.05, 3.63) is 29.8 Å². The molecule has 1 amide bonds. The van der Waals surface area contributed by atoms with Gasteiger partial charge in [0.15, 0.2) is 0 Å². The van der Waals surface area contributed by atoms with Crippen LogP contribution in [0.25, 0.3) is 0 Å². The van der Waals surface area contributed by atoms with Crippen LogP contribution in [0.3, 0.4) is 0 Å². The number of para-hydroxylation sites is 1. The second-order valence-corrected chi connectivity index (χ2v) is 10.7. The quantitative estimate of drug-likeness (QED) is 0.788. The van der Waals surface area contributed by atoms with Crippen molar-refractivity contribution >= 4 is 15.9 Å². The van der Waals surface area contributed by atoms with E-state index in [4.69, 9.17) is 4.74 Å². The number of nitrogens with zero attached hydrogens (tertiary/aromatic N) is 1. The predicted molar refractivity (Wildman–Crippen MR) is 108 cm³/mol. The van der Waals surface area contributed by atoms with Crippen LogP contribution in [0.1, 0.15) is 56.9 Å². The largest absolute Gasteiger partial charge is 0.487 e. The maximum atomic E-state index is 12.5. The van der Waals surface area contributed by atoms with Gasteiger partial charge in [0.25, 0.3) is 0 Å². The summed E-state index contributed by atoms with van der Waals surface area (Å²) in [7, 11) is -3.17. The first-order chi connectivity index (χ1) is 13.4. The van der Waals surface area contributed by atoms with Crippen molar-refractivity contribution in [3.63, 3.8) is 0 Å². The predicted octanol–water partition coefficient (Wildman–Crippen LogP) is 2.65. The number of amides is 1. The third kappa shape index (κ3) is 4.20. The summed E-state index contributed by atoms with van der Waals surface area (Å²) >= 11 is 0. The van der Waals surface area contributed by atoms with E-state index in [1.807, 2.05) is 18.2 Å². The highest BCUT2D eigenvalue weighted by Crippen LogP contribution is 2.46. The molecule has 1 N–H and O–H groups in total. The zero-order valence-corrected chi connectivity index (χ0v) is 17.3. The Labute approximate surface area is 167 Å². The maximum absolute atomic E-state index is 12.5. The Morgan fingerprint density at radius 1 is 1.25 bits per heavy atom. The van der Waals surface area contributed by atoms with E-state index in [0.29, 0.717) is 38.3 Å². The highest BCUT2D eigenvalue weighted by atomic mass is 32.2. The first kappa shape index (κ1) is 19.7. The number of sulfonamides is 1. The average Bonchev–Trinajstić information content (AvgIpc) is 3.51. The van der Waals surface area contributed by atoms with Crippen LogP contribution in [0.2, 0.25) is 0 Å². The van der Waals surface area contributed by atoms with Gasteiger partial charge < -0.3 is 10.1 Å². The summed E-state index contributed by atoms with van der Waals surface area (Å²) in [6.45, 7) is 3.44. The first-order valence-corrected chi connectivity index (χ1v) is 12.0. The molecule has 2 fully saturated rings. The van der Waals surface area contributed by atoms with Crippen LogP contribution >= 0.6 is 0 Å². The van der Waals surface area contributed by atoms with Crippen molar-refractivity contribution in [2.75, 3.05) is 25.4 Å². The molecule has 4 rings (SSSR count). The number of rotatable bonds is 6. The van der Waals surface area contributed by atoms with Gasteiger partial charge in [0.2, 0.25) is 15.9 Å². The van der Waals surface area contributed by atoms with E-state index >= 15 is 0 Å². The third-order valence-electron chi connectivity index (χ3n) is 6.41. The van der Waals surface area contributed by atoms with Gasteiger partial charge in [0, 0.05) is 44.8 Å². The molecule has 0 bridgehead atoms. The van der Waals surface area contributed by atoms with Crippen LogP contribution in [0, 0.1) is 5.92 Å². The zero-order valence-electron chi connectivity index (χ0n) is 16.5. The summed E-state index contributed by atoms with van der Waals surface area (Å²) in [6, 6.07) is 7.97. The van der Waals surface area contributed by atoms with E-state index in [1.165, 1.54) is 12.8 Å². The van der Waals surface area contributed by atoms with Gasteiger partial charge in [0.1, 0.15) is 11.4 Å². The van der Waals surface area contributed by atoms with E-state index in [-0.39, 0.29) is 23.2 Å². The van der Waals surface area contributed by atoms with Crippen LogP contribution in [-0.2, 0) is 14.8 Å². The van der Waals surface area contributed by atoms with Crippen molar-refractivity contribution in [2.24, 2.45) is 5.92 Å². The van der Waals surface area contributed by atoms with Crippen LogP contribution in [-0.4, -0.2) is 49.6 Å². The standard InChI is InChI=1S/C21H30N2O4S/c1-2-28(25,26)23-11-9-21(10-12-23)14-17(13-20(24)22-15-16-7-8-16)18-5-3-4-6-19(18)27-21/h3-6,16-17H,2,7-15H2,1H3,(H,22,24). The number of carbonyl (C=O) groups is 1. The van der Waals surface area contributed by atoms with Gasteiger partial charge >= 0.3 is 0 Å². The van der Waals surface area contributed by atoms with Gasteiger partial charge in [-0.1, -0.05) is 18.2 Å². The second kappa shape index (κ2) is 7.67. The number of piperidine rings is 1. The fourth-order valence-electron chi connectivity index (χ4n) is 4.46. The molecule has 1 spiro atoms. The number of hydrogen-bond donors (Lipinski definition) is 1. The molecule has 28 heavy (non-hydrogen) atoms. The van der Waals surface area contributed by atoms with E-state index in [1.54, 1.807) is 11.2 Å². The highest BCUT2D eigenvalue weighted by Gasteiger charge is 2.45. The minimum absolute atomic E-state index is 0.106. The van der Waals surface area contributed by atoms with E-state index in [9.17, 15) is 13.2 Å². The molecule has 154 valence electrons. The molecule has 1 saturated heterocycles. The van der Waals surface area contributed by atoms with Gasteiger partial charge in [-0.15, -0.1) is 0 Å². The molecule has 0 radical (unpaired) electrons. The maximum Gasteiger partial charge on any atom is 0.220 e. The Bertz CT molecular complexity index is 827. The third-order valence-corrected chi connectivity index (χ3v) is 8.29. The minimum Gasteiger partial charge on any atom is -0.487 e. The molecule has 2 aliphatic heterocycles. The smallest absolute Gasteiger partial charge is 0.220 e. The summed E-state index contributed by atoms with van der Waals surface area (Å²) in [5, 5.41) is 3.08. The lowest BCUT2D eigenvalue weighted by Gasteiger charge is -2.46. The minimum atomic E-state index is -3.17. The first-order valence-electron chi connectivity index (χ1n) is 10.4. The summed E-state index contributed by atoms with van der Waals surface area (Å²) in [6.07, 6.45) is 5.01. The molecular formula is C21H30N2O4S. The van der Waals surface area contributed by atoms with E-state index < -0.39 is 10.0 Å². The Hall–Kier alpha value is -1.60. The molecule has 7 heteroatoms. The summed E-state index contributed by atoms with van der Waals surface area (Å²) < 4.78 is 32.4. The lowest BCUT2D eigenvalue weighted by molar-refractivity contribution is -0.122. The Balaban J connectivity index is 1.47. The number of benzene rings is 1. The van der Waals surface area contributed by atoms with Crippen LogP contribution in [0.15, 0.2) is 24.3 Å². The fourth-order valence-corrected chi connectivity index (χ4v) is 5.57. The summed E-state index contributed by atoms with van der Waals surface area (Å²) in [4.78, 5) is 12.5. The lowest BCUT2D eigenvalue weighted by atomic mass is 9.76.